The molecule has 1 aliphatic heterocycles. The summed E-state index contributed by atoms with van der Waals surface area (Å²) in [6.07, 6.45) is 2.16. The van der Waals surface area contributed by atoms with E-state index in [0.717, 1.165) is 41.2 Å². The first-order valence-electron chi connectivity index (χ1n) is 16.7. The number of carbonyl (C=O) groups excluding carboxylic acids is 3. The van der Waals surface area contributed by atoms with Gasteiger partial charge in [-0.3, -0.25) is 14.4 Å². The molecule has 4 atom stereocenters. The topological polar surface area (TPSA) is 120 Å². The van der Waals surface area contributed by atoms with Crippen molar-refractivity contribution in [2.75, 3.05) is 26.2 Å². The van der Waals surface area contributed by atoms with Crippen LogP contribution in [0.15, 0.2) is 72.8 Å². The van der Waals surface area contributed by atoms with Crippen LogP contribution >= 0.6 is 12.4 Å². The number of nitrogens with zero attached hydrogens (tertiary/aromatic N) is 1. The zero-order valence-electron chi connectivity index (χ0n) is 27.8. The molecular formula is C37H51ClN4O5. The molecule has 9 nitrogen and oxygen atoms in total. The lowest BCUT2D eigenvalue weighted by atomic mass is 10.00. The Morgan fingerprint density at radius 3 is 2.34 bits per heavy atom. The second-order valence-corrected chi connectivity index (χ2v) is 12.3. The third kappa shape index (κ3) is 11.3. The molecule has 47 heavy (non-hydrogen) atoms. The van der Waals surface area contributed by atoms with E-state index < -0.39 is 18.2 Å². The minimum atomic E-state index is -0.870. The first kappa shape index (κ1) is 38.0. The molecule has 0 aliphatic carbocycles. The smallest absolute Gasteiger partial charge is 0.243 e. The molecule has 4 rings (SSSR count). The summed E-state index contributed by atoms with van der Waals surface area (Å²) in [5.74, 6) is -0.798. The third-order valence-electron chi connectivity index (χ3n) is 8.76. The summed E-state index contributed by atoms with van der Waals surface area (Å²) in [7, 11) is 0. The van der Waals surface area contributed by atoms with E-state index in [1.807, 2.05) is 93.6 Å². The quantitative estimate of drug-likeness (QED) is 0.170. The summed E-state index contributed by atoms with van der Waals surface area (Å²) in [5.41, 5.74) is 2.00. The normalized spacial score (nSPS) is 16.4. The van der Waals surface area contributed by atoms with Crippen molar-refractivity contribution in [1.82, 2.24) is 20.9 Å². The fraction of sp³-hybridized carbons (Fsp3) is 0.486. The van der Waals surface area contributed by atoms with Crippen LogP contribution in [0.2, 0.25) is 0 Å². The fourth-order valence-electron chi connectivity index (χ4n) is 5.99. The highest BCUT2D eigenvalue weighted by Gasteiger charge is 2.37. The van der Waals surface area contributed by atoms with Gasteiger partial charge in [0.2, 0.25) is 17.7 Å². The molecule has 10 heteroatoms. The number of nitrogens with one attached hydrogen (secondary N) is 3. The molecule has 0 saturated carbocycles. The van der Waals surface area contributed by atoms with E-state index in [1.54, 1.807) is 4.90 Å². The number of hydrogen-bond donors (Lipinski definition) is 4. The van der Waals surface area contributed by atoms with Crippen LogP contribution in [0, 0.1) is 5.92 Å². The maximum absolute atomic E-state index is 13.6. The predicted molar refractivity (Wildman–Crippen MR) is 188 cm³/mol. The Morgan fingerprint density at radius 2 is 1.62 bits per heavy atom. The van der Waals surface area contributed by atoms with Crippen molar-refractivity contribution in [2.45, 2.75) is 83.8 Å². The average molecular weight is 667 g/mol. The monoisotopic (exact) mass is 666 g/mol. The molecule has 0 bridgehead atoms. The minimum Gasteiger partial charge on any atom is -0.390 e. The van der Waals surface area contributed by atoms with Gasteiger partial charge < -0.3 is 30.7 Å². The first-order chi connectivity index (χ1) is 22.3. The molecule has 3 aromatic rings. The van der Waals surface area contributed by atoms with Crippen LogP contribution in [0.25, 0.3) is 10.8 Å². The molecule has 1 saturated heterocycles. The standard InChI is InChI=1S/C37H50N4O5.ClH/c1-4-29(5-2)37(45)41-19-11-16-34(41)36(44)40-33(21-28-17-18-30-14-9-10-15-31(30)20-28)35(43)39-24-32(42)23-38-22-26(3)46-25-27-12-7-6-8-13-27;/h6-10,12-15,17-18,20,26,29,32-34,38,42H,4-5,11,16,19,21-25H2,1-3H3,(H,39,43)(H,40,44);1H/t26-,32-,33-,34+;/m1./s1. The molecular weight excluding hydrogens is 616 g/mol. The lowest BCUT2D eigenvalue weighted by Crippen LogP contribution is -2.55. The van der Waals surface area contributed by atoms with Crippen molar-refractivity contribution in [2.24, 2.45) is 5.92 Å². The van der Waals surface area contributed by atoms with Gasteiger partial charge in [0, 0.05) is 38.5 Å². The first-order valence-corrected chi connectivity index (χ1v) is 16.7. The highest BCUT2D eigenvalue weighted by atomic mass is 35.5. The zero-order chi connectivity index (χ0) is 32.9. The van der Waals surface area contributed by atoms with Gasteiger partial charge in [-0.25, -0.2) is 0 Å². The van der Waals surface area contributed by atoms with Crippen molar-refractivity contribution < 1.29 is 24.2 Å². The Bertz CT molecular complexity index is 1420. The number of carbonyl (C=O) groups is 3. The van der Waals surface area contributed by atoms with Gasteiger partial charge in [0.15, 0.2) is 0 Å². The number of halogens is 1. The molecule has 1 heterocycles. The number of fused-ring (bicyclic) bond motifs is 1. The van der Waals surface area contributed by atoms with Crippen molar-refractivity contribution in [1.29, 1.82) is 0 Å². The number of hydrogen-bond acceptors (Lipinski definition) is 6. The summed E-state index contributed by atoms with van der Waals surface area (Å²) in [6.45, 7) is 7.85. The summed E-state index contributed by atoms with van der Waals surface area (Å²) >= 11 is 0. The van der Waals surface area contributed by atoms with Crippen LogP contribution in [-0.2, 0) is 32.1 Å². The van der Waals surface area contributed by atoms with Crippen LogP contribution < -0.4 is 16.0 Å². The van der Waals surface area contributed by atoms with Crippen LogP contribution in [0.5, 0.6) is 0 Å². The van der Waals surface area contributed by atoms with E-state index in [9.17, 15) is 19.5 Å². The molecule has 0 radical (unpaired) electrons. The number of benzene rings is 3. The highest BCUT2D eigenvalue weighted by molar-refractivity contribution is 5.93. The Morgan fingerprint density at radius 1 is 0.915 bits per heavy atom. The van der Waals surface area contributed by atoms with Gasteiger partial charge in [0.25, 0.3) is 0 Å². The summed E-state index contributed by atoms with van der Waals surface area (Å²) in [4.78, 5) is 42.0. The van der Waals surface area contributed by atoms with Crippen molar-refractivity contribution in [3.8, 4) is 0 Å². The van der Waals surface area contributed by atoms with E-state index in [2.05, 4.69) is 16.0 Å². The van der Waals surface area contributed by atoms with Gasteiger partial charge >= 0.3 is 0 Å². The number of ether oxygens (including phenoxy) is 1. The molecule has 0 aromatic heterocycles. The lowest BCUT2D eigenvalue weighted by Gasteiger charge is -2.29. The van der Waals surface area contributed by atoms with E-state index in [4.69, 9.17) is 4.74 Å². The zero-order valence-corrected chi connectivity index (χ0v) is 28.6. The summed E-state index contributed by atoms with van der Waals surface area (Å²) < 4.78 is 5.87. The molecule has 1 aliphatic rings. The maximum atomic E-state index is 13.6. The van der Waals surface area contributed by atoms with Gasteiger partial charge in [-0.15, -0.1) is 12.4 Å². The average Bonchev–Trinajstić information content (AvgIpc) is 3.57. The predicted octanol–water partition coefficient (Wildman–Crippen LogP) is 4.39. The number of aliphatic hydroxyl groups is 1. The van der Waals surface area contributed by atoms with E-state index in [0.29, 0.717) is 26.1 Å². The van der Waals surface area contributed by atoms with Gasteiger partial charge in [-0.1, -0.05) is 86.6 Å². The summed E-state index contributed by atoms with van der Waals surface area (Å²) in [6, 6.07) is 22.5. The largest absolute Gasteiger partial charge is 0.390 e. The Kier molecular flexibility index (Phi) is 15.6. The Balaban J connectivity index is 0.00000600. The van der Waals surface area contributed by atoms with Crippen molar-refractivity contribution in [3.63, 3.8) is 0 Å². The van der Waals surface area contributed by atoms with Gasteiger partial charge in [-0.05, 0) is 54.5 Å². The van der Waals surface area contributed by atoms with Gasteiger partial charge in [0.05, 0.1) is 18.8 Å². The molecule has 1 fully saturated rings. The molecule has 0 unspecified atom stereocenters. The van der Waals surface area contributed by atoms with Crippen LogP contribution in [0.4, 0.5) is 0 Å². The number of likely N-dealkylation sites (tertiary alicyclic amines) is 1. The minimum absolute atomic E-state index is 0. The third-order valence-corrected chi connectivity index (χ3v) is 8.76. The van der Waals surface area contributed by atoms with E-state index >= 15 is 0 Å². The Labute approximate surface area is 285 Å². The SMILES string of the molecule is CCC(CC)C(=O)N1CCC[C@H]1C(=O)N[C@H](Cc1ccc2ccccc2c1)C(=O)NC[C@H](O)CNC[C@@H](C)OCc1ccccc1.Cl. The lowest BCUT2D eigenvalue weighted by molar-refractivity contribution is -0.142. The van der Waals surface area contributed by atoms with Crippen LogP contribution in [-0.4, -0.2) is 78.2 Å². The highest BCUT2D eigenvalue weighted by Crippen LogP contribution is 2.23. The fourth-order valence-corrected chi connectivity index (χ4v) is 5.99. The molecule has 256 valence electrons. The molecule has 4 N–H and O–H groups in total. The number of aliphatic hydroxyl groups excluding tert-OH is 1. The Hall–Kier alpha value is -3.50. The van der Waals surface area contributed by atoms with Crippen molar-refractivity contribution >= 4 is 40.9 Å². The van der Waals surface area contributed by atoms with Crippen LogP contribution in [0.1, 0.15) is 57.6 Å². The number of rotatable bonds is 17. The van der Waals surface area contributed by atoms with Gasteiger partial charge in [-0.2, -0.15) is 0 Å². The second-order valence-electron chi connectivity index (χ2n) is 12.3. The molecule has 0 spiro atoms. The maximum Gasteiger partial charge on any atom is 0.243 e. The van der Waals surface area contributed by atoms with Crippen LogP contribution in [0.3, 0.4) is 0 Å². The molecule has 3 amide bonds. The van der Waals surface area contributed by atoms with E-state index in [-0.39, 0.29) is 61.7 Å². The van der Waals surface area contributed by atoms with E-state index in [1.165, 1.54) is 0 Å². The van der Waals surface area contributed by atoms with Crippen molar-refractivity contribution in [3.05, 3.63) is 83.9 Å². The second kappa shape index (κ2) is 19.4. The molecule has 3 aromatic carbocycles. The van der Waals surface area contributed by atoms with Gasteiger partial charge in [0.1, 0.15) is 12.1 Å². The number of amides is 3. The summed E-state index contributed by atoms with van der Waals surface area (Å²) in [5, 5.41) is 21.7.